The molecule has 1 aromatic heterocycles. The molecule has 0 saturated heterocycles. The van der Waals surface area contributed by atoms with Crippen molar-refractivity contribution in [2.45, 2.75) is 11.7 Å². The molecule has 0 N–H and O–H groups in total. The van der Waals surface area contributed by atoms with Crippen LogP contribution in [0.2, 0.25) is 0 Å². The Morgan fingerprint density at radius 1 is 1.77 bits per heavy atom. The van der Waals surface area contributed by atoms with Crippen molar-refractivity contribution in [1.82, 2.24) is 14.8 Å². The fraction of sp³-hybridized carbons (Fsp3) is 0.333. The summed E-state index contributed by atoms with van der Waals surface area (Å²) in [7, 11) is -3.31. The van der Waals surface area contributed by atoms with Crippen LogP contribution < -0.4 is 0 Å². The Labute approximate surface area is 84.5 Å². The van der Waals surface area contributed by atoms with Gasteiger partial charge < -0.3 is 0 Å². The number of nitrogens with zero attached hydrogens (tertiary/aromatic N) is 3. The first kappa shape index (κ1) is 10.4. The Morgan fingerprint density at radius 3 is 2.85 bits per heavy atom. The zero-order valence-corrected chi connectivity index (χ0v) is 9.34. The van der Waals surface area contributed by atoms with Gasteiger partial charge in [0.15, 0.2) is 0 Å². The number of allylic oxidation sites excluding steroid dienone is 1. The van der Waals surface area contributed by atoms with E-state index in [2.05, 4.69) is 32.7 Å². The van der Waals surface area contributed by atoms with E-state index in [1.807, 2.05) is 0 Å². The maximum absolute atomic E-state index is 11.1. The summed E-state index contributed by atoms with van der Waals surface area (Å²) in [5.74, 6) is 0. The van der Waals surface area contributed by atoms with Crippen molar-refractivity contribution >= 4 is 25.8 Å². The Morgan fingerprint density at radius 2 is 2.38 bits per heavy atom. The van der Waals surface area contributed by atoms with E-state index >= 15 is 0 Å². The van der Waals surface area contributed by atoms with E-state index in [1.54, 1.807) is 0 Å². The Bertz CT molecular complexity index is 423. The van der Waals surface area contributed by atoms with Crippen molar-refractivity contribution in [3.63, 3.8) is 0 Å². The fourth-order valence-electron chi connectivity index (χ4n) is 0.825. The highest BCUT2D eigenvalue weighted by atomic mass is 79.9. The molecular weight excluding hydrogens is 258 g/mol. The summed E-state index contributed by atoms with van der Waals surface area (Å²) in [6.07, 6.45) is 2.44. The van der Waals surface area contributed by atoms with Crippen molar-refractivity contribution in [2.75, 3.05) is 6.26 Å². The minimum atomic E-state index is -3.31. The largest absolute Gasteiger partial charge is 0.300 e. The lowest BCUT2D eigenvalue weighted by atomic mass is 10.6. The minimum absolute atomic E-state index is 0.0481. The maximum Gasteiger partial charge on any atom is 0.249 e. The SMILES string of the molecule is C=C(Br)Cn1cnnc1S(C)(=O)=O. The maximum atomic E-state index is 11.1. The predicted octanol–water partition coefficient (Wildman–Crippen LogP) is 0.590. The van der Waals surface area contributed by atoms with Gasteiger partial charge in [-0.25, -0.2) is 8.42 Å². The third-order valence-corrected chi connectivity index (χ3v) is 2.48. The molecule has 0 unspecified atom stereocenters. The predicted molar refractivity (Wildman–Crippen MR) is 51.2 cm³/mol. The zero-order valence-electron chi connectivity index (χ0n) is 6.94. The summed E-state index contributed by atoms with van der Waals surface area (Å²) in [4.78, 5) is 0. The van der Waals surface area contributed by atoms with Gasteiger partial charge in [0.1, 0.15) is 6.33 Å². The molecule has 5 nitrogen and oxygen atoms in total. The summed E-state index contributed by atoms with van der Waals surface area (Å²) in [6.45, 7) is 3.94. The van der Waals surface area contributed by atoms with Gasteiger partial charge in [-0.15, -0.1) is 10.2 Å². The molecule has 0 spiro atoms. The first-order valence-corrected chi connectivity index (χ1v) is 6.01. The van der Waals surface area contributed by atoms with Gasteiger partial charge in [-0.3, -0.25) is 4.57 Å². The number of halogens is 1. The third kappa shape index (κ3) is 2.63. The Hall–Kier alpha value is -0.690. The van der Waals surface area contributed by atoms with Crippen LogP contribution in [0.15, 0.2) is 22.5 Å². The van der Waals surface area contributed by atoms with Gasteiger partial charge in [-0.1, -0.05) is 22.5 Å². The highest BCUT2D eigenvalue weighted by molar-refractivity contribution is 9.11. The Balaban J connectivity index is 3.11. The molecule has 0 aliphatic carbocycles. The molecule has 0 aliphatic rings. The molecule has 7 heteroatoms. The average molecular weight is 266 g/mol. The van der Waals surface area contributed by atoms with Crippen LogP contribution in [0.1, 0.15) is 0 Å². The minimum Gasteiger partial charge on any atom is -0.300 e. The van der Waals surface area contributed by atoms with Gasteiger partial charge in [-0.2, -0.15) is 0 Å². The monoisotopic (exact) mass is 265 g/mol. The van der Waals surface area contributed by atoms with Crippen molar-refractivity contribution in [3.8, 4) is 0 Å². The smallest absolute Gasteiger partial charge is 0.249 e. The molecule has 1 aromatic rings. The van der Waals surface area contributed by atoms with Gasteiger partial charge >= 0.3 is 0 Å². The third-order valence-electron chi connectivity index (χ3n) is 1.25. The van der Waals surface area contributed by atoms with Crippen LogP contribution in [0, 0.1) is 0 Å². The van der Waals surface area contributed by atoms with Gasteiger partial charge in [-0.05, 0) is 0 Å². The van der Waals surface area contributed by atoms with Gasteiger partial charge in [0.25, 0.3) is 0 Å². The molecule has 0 aromatic carbocycles. The second kappa shape index (κ2) is 3.59. The number of hydrogen-bond acceptors (Lipinski definition) is 4. The lowest BCUT2D eigenvalue weighted by Crippen LogP contribution is -2.08. The van der Waals surface area contributed by atoms with Crippen LogP contribution in [-0.4, -0.2) is 29.4 Å². The topological polar surface area (TPSA) is 64.8 Å². The molecule has 0 amide bonds. The van der Waals surface area contributed by atoms with Crippen molar-refractivity contribution in [3.05, 3.63) is 17.4 Å². The van der Waals surface area contributed by atoms with Crippen molar-refractivity contribution < 1.29 is 8.42 Å². The number of rotatable bonds is 3. The molecule has 0 fully saturated rings. The molecular formula is C6H8BrN3O2S. The standard InChI is InChI=1S/C6H8BrN3O2S/c1-5(7)3-10-4-8-9-6(10)13(2,11)12/h4H,1,3H2,2H3. The molecule has 1 heterocycles. The zero-order chi connectivity index (χ0) is 10.1. The summed E-state index contributed by atoms with van der Waals surface area (Å²) in [5, 5.41) is 6.97. The van der Waals surface area contributed by atoms with E-state index in [1.165, 1.54) is 10.9 Å². The Kier molecular flexibility index (Phi) is 2.87. The number of hydrogen-bond donors (Lipinski definition) is 0. The summed E-state index contributed by atoms with van der Waals surface area (Å²) in [5.41, 5.74) is 0. The first-order valence-electron chi connectivity index (χ1n) is 3.32. The highest BCUT2D eigenvalue weighted by Gasteiger charge is 2.15. The molecule has 0 saturated carbocycles. The lowest BCUT2D eigenvalue weighted by Gasteiger charge is -2.02. The van der Waals surface area contributed by atoms with Crippen LogP contribution >= 0.6 is 15.9 Å². The molecule has 13 heavy (non-hydrogen) atoms. The quantitative estimate of drug-likeness (QED) is 0.803. The molecule has 1 rings (SSSR count). The summed E-state index contributed by atoms with van der Waals surface area (Å²) < 4.78 is 24.3. The number of sulfone groups is 1. The number of aromatic nitrogens is 3. The first-order chi connectivity index (χ1) is 5.91. The van der Waals surface area contributed by atoms with E-state index in [0.29, 0.717) is 11.0 Å². The summed E-state index contributed by atoms with van der Waals surface area (Å²) >= 11 is 3.13. The highest BCUT2D eigenvalue weighted by Crippen LogP contribution is 2.09. The second-order valence-electron chi connectivity index (χ2n) is 2.53. The van der Waals surface area contributed by atoms with E-state index < -0.39 is 9.84 Å². The van der Waals surface area contributed by atoms with E-state index in [4.69, 9.17) is 0 Å². The molecule has 0 radical (unpaired) electrons. The van der Waals surface area contributed by atoms with Crippen molar-refractivity contribution in [2.24, 2.45) is 0 Å². The van der Waals surface area contributed by atoms with Crippen LogP contribution in [0.5, 0.6) is 0 Å². The van der Waals surface area contributed by atoms with Gasteiger partial charge in [0.05, 0.1) is 6.54 Å². The molecule has 0 bridgehead atoms. The second-order valence-corrected chi connectivity index (χ2v) is 5.56. The van der Waals surface area contributed by atoms with Crippen LogP contribution in [0.4, 0.5) is 0 Å². The van der Waals surface area contributed by atoms with Crippen LogP contribution in [-0.2, 0) is 16.4 Å². The molecule has 72 valence electrons. The summed E-state index contributed by atoms with van der Waals surface area (Å²) in [6, 6.07) is 0. The lowest BCUT2D eigenvalue weighted by molar-refractivity contribution is 0.579. The van der Waals surface area contributed by atoms with E-state index in [0.717, 1.165) is 6.26 Å². The van der Waals surface area contributed by atoms with Crippen molar-refractivity contribution in [1.29, 1.82) is 0 Å². The molecule has 0 atom stereocenters. The van der Waals surface area contributed by atoms with E-state index in [-0.39, 0.29) is 5.16 Å². The van der Waals surface area contributed by atoms with Gasteiger partial charge in [0, 0.05) is 10.7 Å². The van der Waals surface area contributed by atoms with Crippen LogP contribution in [0.3, 0.4) is 0 Å². The van der Waals surface area contributed by atoms with E-state index in [9.17, 15) is 8.42 Å². The molecule has 0 aliphatic heterocycles. The van der Waals surface area contributed by atoms with Gasteiger partial charge in [0.2, 0.25) is 15.0 Å². The fourth-order valence-corrected chi connectivity index (χ4v) is 1.83. The normalized spacial score (nSPS) is 11.5. The van der Waals surface area contributed by atoms with Crippen LogP contribution in [0.25, 0.3) is 0 Å². The average Bonchev–Trinajstić information content (AvgIpc) is 2.31.